The van der Waals surface area contributed by atoms with Crippen molar-refractivity contribution in [2.75, 3.05) is 9.80 Å². The number of anilines is 6. The van der Waals surface area contributed by atoms with E-state index in [4.69, 9.17) is 9.72 Å². The molecule has 13 rings (SSSR count). The molecule has 3 heterocycles. The van der Waals surface area contributed by atoms with Crippen molar-refractivity contribution >= 4 is 45.3 Å². The SMILES string of the molecule is CC(C)(C)c1ccnc(N2c3ccccc3-c3ccc(C(C)(C)C)cc3N(c3ccccc3)c3cc(C(C)(C)C)ccc3-c3ccc(Oc4cccc(-n5[c](=[Pt])n(-c6c(-c7ccccc7)cc(C(C)(C)C)cc6-c6ccccc6)c6ccccc65)c4)cc32)c1. The summed E-state index contributed by atoms with van der Waals surface area (Å²) < 4.78 is 13.1. The molecule has 0 spiro atoms. The molecule has 12 aromatic rings. The zero-order chi connectivity index (χ0) is 62.1. The van der Waals surface area contributed by atoms with E-state index in [9.17, 15) is 0 Å². The first-order chi connectivity index (χ1) is 42.6. The van der Waals surface area contributed by atoms with E-state index in [-0.39, 0.29) is 21.7 Å². The number of para-hydroxylation sites is 4. The third kappa shape index (κ3) is 11.2. The first-order valence-electron chi connectivity index (χ1n) is 31.0. The number of fused-ring (bicyclic) bond motifs is 7. The van der Waals surface area contributed by atoms with Crippen molar-refractivity contribution in [2.24, 2.45) is 0 Å². The maximum absolute atomic E-state index is 7.29. The monoisotopic (exact) mass is 1340 g/mol. The normalized spacial score (nSPS) is 12.7. The summed E-state index contributed by atoms with van der Waals surface area (Å²) in [6.07, 6.45) is 1.97. The Kier molecular flexibility index (Phi) is 15.1. The van der Waals surface area contributed by atoms with E-state index in [0.29, 0.717) is 11.5 Å². The molecule has 0 atom stereocenters. The fourth-order valence-electron chi connectivity index (χ4n) is 12.5. The zero-order valence-corrected chi connectivity index (χ0v) is 55.4. The number of hydrogen-bond acceptors (Lipinski definition) is 4. The van der Waals surface area contributed by atoms with Crippen molar-refractivity contribution in [3.05, 3.63) is 275 Å². The second kappa shape index (κ2) is 22.8. The van der Waals surface area contributed by atoms with Gasteiger partial charge < -0.3 is 4.90 Å². The Hall–Kier alpha value is -9.09. The minimum absolute atomic E-state index is 0.0998. The van der Waals surface area contributed by atoms with Crippen LogP contribution in [0.2, 0.25) is 0 Å². The zero-order valence-electron chi connectivity index (χ0n) is 53.1. The number of pyridine rings is 1. The molecule has 0 bridgehead atoms. The van der Waals surface area contributed by atoms with E-state index in [0.717, 1.165) is 93.8 Å². The Labute approximate surface area is 536 Å². The number of benzene rings is 10. The van der Waals surface area contributed by atoms with Gasteiger partial charge in [-0.25, -0.2) is 0 Å². The molecule has 1 aliphatic rings. The van der Waals surface area contributed by atoms with Crippen LogP contribution in [0.5, 0.6) is 11.5 Å². The Morgan fingerprint density at radius 2 is 0.775 bits per heavy atom. The summed E-state index contributed by atoms with van der Waals surface area (Å²) in [6, 6.07) is 88.8. The fourth-order valence-corrected chi connectivity index (χ4v) is 13.5. The minimum atomic E-state index is -0.150. The predicted molar refractivity (Wildman–Crippen MR) is 370 cm³/mol. The van der Waals surface area contributed by atoms with Crippen LogP contribution < -0.4 is 14.5 Å². The van der Waals surface area contributed by atoms with Crippen molar-refractivity contribution in [3.63, 3.8) is 0 Å². The molecule has 0 aliphatic carbocycles. The van der Waals surface area contributed by atoms with Crippen LogP contribution in [0.15, 0.2) is 249 Å². The summed E-state index contributed by atoms with van der Waals surface area (Å²) in [4.78, 5) is 10.2. The standard InChI is InChI=1S/C82H77N5O.Pt/c1-79(2,3)57-39-42-66-65-35-22-23-36-71(65)87(77-51-59(45-46-83-77)81(7,8)9)76-53-64(41-44-68(76)67-43-40-58(80(4,5)6)50-75(67)86(74(66)49-57)61-31-20-15-21-32-61)88-63-34-26-33-62(52-63)84-54-85(73-38-25-24-37-72(73)84)78-69(55-27-16-13-17-28-55)47-60(82(10,11)12)48-70(78)56-29-18-14-19-30-56;/h13-53H,1-12H3;. The molecule has 10 aromatic carbocycles. The summed E-state index contributed by atoms with van der Waals surface area (Å²) >= 11 is 2.55. The average Bonchev–Trinajstić information content (AvgIpc) is 1.81. The molecule has 89 heavy (non-hydrogen) atoms. The van der Waals surface area contributed by atoms with Crippen molar-refractivity contribution in [3.8, 4) is 67.4 Å². The topological polar surface area (TPSA) is 38.5 Å². The Morgan fingerprint density at radius 1 is 0.326 bits per heavy atom. The van der Waals surface area contributed by atoms with Crippen LogP contribution in [0.4, 0.5) is 34.3 Å². The van der Waals surface area contributed by atoms with Gasteiger partial charge in [-0.15, -0.1) is 0 Å². The van der Waals surface area contributed by atoms with Crippen molar-refractivity contribution in [2.45, 2.75) is 105 Å². The van der Waals surface area contributed by atoms with Gasteiger partial charge in [0.05, 0.1) is 5.69 Å². The number of aromatic nitrogens is 3. The Balaban J connectivity index is 1.03. The van der Waals surface area contributed by atoms with Crippen LogP contribution in [0, 0.1) is 3.80 Å². The summed E-state index contributed by atoms with van der Waals surface area (Å²) in [6.45, 7) is 27.5. The molecule has 0 saturated carbocycles. The van der Waals surface area contributed by atoms with Gasteiger partial charge in [-0.3, -0.25) is 0 Å². The molecule has 2 aromatic heterocycles. The van der Waals surface area contributed by atoms with E-state index in [2.05, 4.69) is 364 Å². The summed E-state index contributed by atoms with van der Waals surface area (Å²) in [5.74, 6) is 2.21. The van der Waals surface area contributed by atoms with Crippen LogP contribution in [0.1, 0.15) is 105 Å². The number of hydrogen-bond donors (Lipinski definition) is 0. The van der Waals surface area contributed by atoms with Crippen LogP contribution in [-0.2, 0) is 41.0 Å². The first kappa shape index (κ1) is 58.9. The van der Waals surface area contributed by atoms with Gasteiger partial charge in [0.15, 0.2) is 0 Å². The molecule has 0 amide bonds. The molecule has 0 fully saturated rings. The first-order valence-corrected chi connectivity index (χ1v) is 32.1. The van der Waals surface area contributed by atoms with Crippen molar-refractivity contribution in [1.82, 2.24) is 14.1 Å². The molecule has 6 nitrogen and oxygen atoms in total. The van der Waals surface area contributed by atoms with Gasteiger partial charge in [0.25, 0.3) is 0 Å². The summed E-state index contributed by atoms with van der Waals surface area (Å²) in [5.41, 5.74) is 22.9. The second-order valence-electron chi connectivity index (χ2n) is 27.7. The molecule has 0 N–H and O–H groups in total. The third-order valence-corrected chi connectivity index (χ3v) is 18.4. The second-order valence-corrected chi connectivity index (χ2v) is 28.7. The number of imidazole rings is 1. The average molecular weight is 1340 g/mol. The van der Waals surface area contributed by atoms with Crippen molar-refractivity contribution in [1.29, 1.82) is 0 Å². The van der Waals surface area contributed by atoms with Gasteiger partial charge in [-0.1, -0.05) is 117 Å². The predicted octanol–water partition coefficient (Wildman–Crippen LogP) is 22.8. The molecule has 446 valence electrons. The van der Waals surface area contributed by atoms with Crippen LogP contribution in [-0.4, -0.2) is 14.1 Å². The fraction of sp³-hybridized carbons (Fsp3) is 0.195. The van der Waals surface area contributed by atoms with E-state index in [1.165, 1.54) is 33.4 Å². The van der Waals surface area contributed by atoms with Gasteiger partial charge in [-0.2, -0.15) is 0 Å². The van der Waals surface area contributed by atoms with Gasteiger partial charge in [0.2, 0.25) is 0 Å². The third-order valence-electron chi connectivity index (χ3n) is 17.4. The number of nitrogens with zero attached hydrogens (tertiary/aromatic N) is 5. The maximum atomic E-state index is 7.29. The quantitative estimate of drug-likeness (QED) is 0.152. The molecular weight excluding hydrogens is 1270 g/mol. The van der Waals surface area contributed by atoms with Crippen LogP contribution >= 0.6 is 0 Å². The molecule has 0 unspecified atom stereocenters. The van der Waals surface area contributed by atoms with Gasteiger partial charge in [-0.05, 0) is 63.3 Å². The summed E-state index contributed by atoms with van der Waals surface area (Å²) in [7, 11) is 0. The van der Waals surface area contributed by atoms with Gasteiger partial charge in [0.1, 0.15) is 0 Å². The van der Waals surface area contributed by atoms with Crippen LogP contribution in [0.3, 0.4) is 0 Å². The molecule has 0 saturated heterocycles. The van der Waals surface area contributed by atoms with E-state index in [1.54, 1.807) is 0 Å². The van der Waals surface area contributed by atoms with Gasteiger partial charge in [0, 0.05) is 17.4 Å². The van der Waals surface area contributed by atoms with Crippen LogP contribution in [0.25, 0.3) is 66.9 Å². The molecule has 7 heteroatoms. The molecule has 1 aliphatic heterocycles. The summed E-state index contributed by atoms with van der Waals surface area (Å²) in [5, 5.41) is 0. The van der Waals surface area contributed by atoms with Gasteiger partial charge >= 0.3 is 332 Å². The Morgan fingerprint density at radius 3 is 1.34 bits per heavy atom. The molecular formula is C82H77N5OPt. The van der Waals surface area contributed by atoms with Crippen molar-refractivity contribution < 1.29 is 24.1 Å². The van der Waals surface area contributed by atoms with E-state index in [1.807, 2.05) is 6.20 Å². The Bertz CT molecular complexity index is 4640. The number of ether oxygens (including phenoxy) is 1. The van der Waals surface area contributed by atoms with E-state index < -0.39 is 0 Å². The molecule has 0 radical (unpaired) electrons. The van der Waals surface area contributed by atoms with E-state index >= 15 is 0 Å². The number of rotatable bonds is 8.